The summed E-state index contributed by atoms with van der Waals surface area (Å²) in [7, 11) is 0. The van der Waals surface area contributed by atoms with Crippen LogP contribution in [0.5, 0.6) is 0 Å². The number of H-pyrrole nitrogens is 1. The van der Waals surface area contributed by atoms with Gasteiger partial charge in [0.25, 0.3) is 0 Å². The molecule has 4 nitrogen and oxygen atoms in total. The molecule has 2 aromatic heterocycles. The molecule has 2 heterocycles. The highest BCUT2D eigenvalue weighted by molar-refractivity contribution is 5.88. The normalized spacial score (nSPS) is 19.1. The van der Waals surface area contributed by atoms with Crippen LogP contribution < -0.4 is 5.73 Å². The van der Waals surface area contributed by atoms with Crippen molar-refractivity contribution in [3.05, 3.63) is 17.1 Å². The fraction of sp³-hybridized carbons (Fsp3) is 0.600. The van der Waals surface area contributed by atoms with Gasteiger partial charge in [-0.15, -0.1) is 0 Å². The Morgan fingerprint density at radius 3 is 2.89 bits per heavy atom. The van der Waals surface area contributed by atoms with Crippen LogP contribution in [0, 0.1) is 12.8 Å². The first-order chi connectivity index (χ1) is 9.06. The van der Waals surface area contributed by atoms with E-state index in [2.05, 4.69) is 28.8 Å². The van der Waals surface area contributed by atoms with Gasteiger partial charge in [-0.2, -0.15) is 0 Å². The molecule has 2 aromatic rings. The molecule has 1 aliphatic carbocycles. The molecule has 102 valence electrons. The maximum atomic E-state index is 6.05. The first kappa shape index (κ1) is 12.5. The quantitative estimate of drug-likeness (QED) is 0.868. The molecular formula is C15H22N4. The summed E-state index contributed by atoms with van der Waals surface area (Å²) in [5, 5.41) is 0. The van der Waals surface area contributed by atoms with Crippen molar-refractivity contribution in [3.8, 4) is 0 Å². The molecule has 3 N–H and O–H groups in total. The van der Waals surface area contributed by atoms with Gasteiger partial charge in [-0.25, -0.2) is 9.97 Å². The number of pyridine rings is 1. The van der Waals surface area contributed by atoms with Gasteiger partial charge in [0.1, 0.15) is 11.3 Å². The van der Waals surface area contributed by atoms with E-state index in [0.717, 1.165) is 23.3 Å². The second-order valence-electron chi connectivity index (χ2n) is 6.12. The molecule has 0 spiro atoms. The Morgan fingerprint density at radius 2 is 2.16 bits per heavy atom. The second-order valence-corrected chi connectivity index (χ2v) is 6.12. The van der Waals surface area contributed by atoms with Gasteiger partial charge in [-0.1, -0.05) is 13.8 Å². The summed E-state index contributed by atoms with van der Waals surface area (Å²) < 4.78 is 0. The van der Waals surface area contributed by atoms with Crippen molar-refractivity contribution >= 4 is 16.9 Å². The summed E-state index contributed by atoms with van der Waals surface area (Å²) in [5.41, 5.74) is 10.6. The molecule has 0 fully saturated rings. The Balaban J connectivity index is 2.20. The van der Waals surface area contributed by atoms with E-state index in [1.165, 1.54) is 30.5 Å². The summed E-state index contributed by atoms with van der Waals surface area (Å²) in [6.07, 6.45) is 4.73. The lowest BCUT2D eigenvalue weighted by atomic mass is 9.80. The Morgan fingerprint density at radius 1 is 1.37 bits per heavy atom. The van der Waals surface area contributed by atoms with Gasteiger partial charge in [-0.3, -0.25) is 0 Å². The van der Waals surface area contributed by atoms with Gasteiger partial charge in [0.2, 0.25) is 0 Å². The molecule has 0 saturated heterocycles. The Bertz CT molecular complexity index is 612. The molecule has 0 bridgehead atoms. The average molecular weight is 258 g/mol. The molecular weight excluding hydrogens is 236 g/mol. The monoisotopic (exact) mass is 258 g/mol. The smallest absolute Gasteiger partial charge is 0.151 e. The second kappa shape index (κ2) is 4.51. The number of rotatable bonds is 2. The lowest BCUT2D eigenvalue weighted by Crippen LogP contribution is -2.15. The number of imidazole rings is 1. The molecule has 0 aliphatic heterocycles. The van der Waals surface area contributed by atoms with Crippen LogP contribution in [0.4, 0.5) is 5.82 Å². The number of aromatic nitrogens is 3. The summed E-state index contributed by atoms with van der Waals surface area (Å²) >= 11 is 0. The van der Waals surface area contributed by atoms with E-state index in [9.17, 15) is 0 Å². The molecule has 0 saturated carbocycles. The zero-order valence-electron chi connectivity index (χ0n) is 12.0. The Kier molecular flexibility index (Phi) is 2.96. The summed E-state index contributed by atoms with van der Waals surface area (Å²) in [6.45, 7) is 6.55. The third kappa shape index (κ3) is 2.09. The fourth-order valence-corrected chi connectivity index (χ4v) is 3.37. The van der Waals surface area contributed by atoms with E-state index in [4.69, 9.17) is 5.73 Å². The van der Waals surface area contributed by atoms with E-state index < -0.39 is 0 Å². The van der Waals surface area contributed by atoms with Crippen molar-refractivity contribution in [1.82, 2.24) is 15.0 Å². The number of hydrogen-bond acceptors (Lipinski definition) is 3. The third-order valence-electron chi connectivity index (χ3n) is 4.03. The molecule has 1 atom stereocenters. The van der Waals surface area contributed by atoms with Gasteiger partial charge in [0, 0.05) is 11.3 Å². The van der Waals surface area contributed by atoms with Crippen LogP contribution >= 0.6 is 0 Å². The highest BCUT2D eigenvalue weighted by Gasteiger charge is 2.26. The topological polar surface area (TPSA) is 67.6 Å². The SMILES string of the molecule is Cc1nc2c(N)nc3c(c2[nH]1)C(CC(C)C)CCC3. The number of aromatic amines is 1. The first-order valence-corrected chi connectivity index (χ1v) is 7.20. The average Bonchev–Trinajstić information content (AvgIpc) is 2.70. The van der Waals surface area contributed by atoms with Crippen LogP contribution in [0.25, 0.3) is 11.0 Å². The van der Waals surface area contributed by atoms with E-state index >= 15 is 0 Å². The Labute approximate surface area is 113 Å². The number of hydrogen-bond donors (Lipinski definition) is 2. The van der Waals surface area contributed by atoms with Crippen molar-refractivity contribution in [3.63, 3.8) is 0 Å². The van der Waals surface area contributed by atoms with Gasteiger partial charge in [0.15, 0.2) is 5.82 Å². The third-order valence-corrected chi connectivity index (χ3v) is 4.03. The maximum Gasteiger partial charge on any atom is 0.151 e. The molecule has 1 unspecified atom stereocenters. The van der Waals surface area contributed by atoms with E-state index in [0.29, 0.717) is 17.7 Å². The Hall–Kier alpha value is -1.58. The number of nitrogen functional groups attached to an aromatic ring is 1. The van der Waals surface area contributed by atoms with Gasteiger partial charge in [0.05, 0.1) is 5.52 Å². The zero-order chi connectivity index (χ0) is 13.6. The van der Waals surface area contributed by atoms with Crippen LogP contribution in [-0.4, -0.2) is 15.0 Å². The van der Waals surface area contributed by atoms with Crippen molar-refractivity contribution in [1.29, 1.82) is 0 Å². The van der Waals surface area contributed by atoms with Crippen LogP contribution in [0.3, 0.4) is 0 Å². The van der Waals surface area contributed by atoms with Crippen molar-refractivity contribution < 1.29 is 0 Å². The van der Waals surface area contributed by atoms with Gasteiger partial charge >= 0.3 is 0 Å². The van der Waals surface area contributed by atoms with Crippen LogP contribution in [0.15, 0.2) is 0 Å². The highest BCUT2D eigenvalue weighted by Crippen LogP contribution is 2.39. The number of fused-ring (bicyclic) bond motifs is 3. The molecule has 4 heteroatoms. The lowest BCUT2D eigenvalue weighted by molar-refractivity contribution is 0.446. The predicted octanol–water partition coefficient (Wildman–Crippen LogP) is 3.31. The minimum Gasteiger partial charge on any atom is -0.382 e. The minimum atomic E-state index is 0.572. The zero-order valence-corrected chi connectivity index (χ0v) is 12.0. The largest absolute Gasteiger partial charge is 0.382 e. The summed E-state index contributed by atoms with van der Waals surface area (Å²) in [5.74, 6) is 2.79. The molecule has 1 aliphatic rings. The lowest BCUT2D eigenvalue weighted by Gasteiger charge is -2.26. The minimum absolute atomic E-state index is 0.572. The van der Waals surface area contributed by atoms with Gasteiger partial charge in [-0.05, 0) is 44.4 Å². The highest BCUT2D eigenvalue weighted by atomic mass is 15.0. The summed E-state index contributed by atoms with van der Waals surface area (Å²) in [4.78, 5) is 12.5. The number of nitrogens with two attached hydrogens (primary N) is 1. The van der Waals surface area contributed by atoms with Crippen LogP contribution in [0.1, 0.15) is 56.1 Å². The first-order valence-electron chi connectivity index (χ1n) is 7.20. The van der Waals surface area contributed by atoms with Crippen molar-refractivity contribution in [2.24, 2.45) is 5.92 Å². The van der Waals surface area contributed by atoms with E-state index in [-0.39, 0.29) is 0 Å². The maximum absolute atomic E-state index is 6.05. The number of nitrogens with zero attached hydrogens (tertiary/aromatic N) is 2. The van der Waals surface area contributed by atoms with Crippen molar-refractivity contribution in [2.75, 3.05) is 5.73 Å². The molecule has 19 heavy (non-hydrogen) atoms. The van der Waals surface area contributed by atoms with Crippen molar-refractivity contribution in [2.45, 2.75) is 52.4 Å². The van der Waals surface area contributed by atoms with E-state index in [1.54, 1.807) is 0 Å². The molecule has 3 rings (SSSR count). The van der Waals surface area contributed by atoms with Crippen LogP contribution in [0.2, 0.25) is 0 Å². The predicted molar refractivity (Wildman–Crippen MR) is 78.2 cm³/mol. The van der Waals surface area contributed by atoms with Gasteiger partial charge < -0.3 is 10.7 Å². The van der Waals surface area contributed by atoms with E-state index in [1.807, 2.05) is 6.92 Å². The standard InChI is InChI=1S/C15H22N4/c1-8(2)7-10-5-4-6-11-12(10)13-14(15(16)19-11)18-9(3)17-13/h8,10H,4-7H2,1-3H3,(H2,16,19)(H,17,18). The number of anilines is 1. The van der Waals surface area contributed by atoms with Crippen LogP contribution in [-0.2, 0) is 6.42 Å². The summed E-state index contributed by atoms with van der Waals surface area (Å²) in [6, 6.07) is 0. The molecule has 0 radical (unpaired) electrons. The number of nitrogens with one attached hydrogen (secondary N) is 1. The number of aryl methyl sites for hydroxylation is 2. The molecule has 0 amide bonds. The molecule has 0 aromatic carbocycles. The fourth-order valence-electron chi connectivity index (χ4n) is 3.37.